The lowest BCUT2D eigenvalue weighted by atomic mass is 10.3. The monoisotopic (exact) mass is 277 g/mol. The van der Waals surface area contributed by atoms with Crippen LogP contribution in [0, 0.1) is 12.7 Å². The molecule has 0 aliphatic carbocycles. The van der Waals surface area contributed by atoms with E-state index in [2.05, 4.69) is 9.97 Å². The Morgan fingerprint density at radius 2 is 2.21 bits per heavy atom. The molecule has 7 heteroatoms. The van der Waals surface area contributed by atoms with E-state index in [0.29, 0.717) is 22.0 Å². The summed E-state index contributed by atoms with van der Waals surface area (Å²) in [5.41, 5.74) is 1.76. The number of aryl methyl sites for hydroxylation is 1. The lowest BCUT2D eigenvalue weighted by Gasteiger charge is -1.95. The third kappa shape index (κ3) is 1.88. The van der Waals surface area contributed by atoms with Gasteiger partial charge in [-0.1, -0.05) is 11.3 Å². The molecule has 1 N–H and O–H groups in total. The molecule has 0 unspecified atom stereocenters. The van der Waals surface area contributed by atoms with Gasteiger partial charge in [-0.2, -0.15) is 0 Å². The molecule has 0 spiro atoms. The van der Waals surface area contributed by atoms with E-state index in [1.807, 2.05) is 0 Å². The van der Waals surface area contributed by atoms with Gasteiger partial charge in [-0.15, -0.1) is 0 Å². The number of aromatic nitrogens is 3. The lowest BCUT2D eigenvalue weighted by molar-refractivity contribution is 0.0701. The summed E-state index contributed by atoms with van der Waals surface area (Å²) in [5, 5.41) is 9.02. The Labute approximate surface area is 111 Å². The third-order valence-electron chi connectivity index (χ3n) is 2.74. The second-order valence-electron chi connectivity index (χ2n) is 3.96. The fourth-order valence-corrected chi connectivity index (χ4v) is 2.75. The molecular formula is C12H8FN3O2S. The van der Waals surface area contributed by atoms with Crippen molar-refractivity contribution < 1.29 is 14.3 Å². The van der Waals surface area contributed by atoms with Crippen molar-refractivity contribution in [3.8, 4) is 11.4 Å². The van der Waals surface area contributed by atoms with E-state index < -0.39 is 11.8 Å². The van der Waals surface area contributed by atoms with Gasteiger partial charge in [0.25, 0.3) is 0 Å². The summed E-state index contributed by atoms with van der Waals surface area (Å²) in [6.45, 7) is 1.72. The topological polar surface area (TPSA) is 67.5 Å². The zero-order valence-corrected chi connectivity index (χ0v) is 10.6. The average Bonchev–Trinajstić information content (AvgIpc) is 2.90. The Bertz CT molecular complexity index is 776. The summed E-state index contributed by atoms with van der Waals surface area (Å²) in [6.07, 6.45) is 2.83. The molecule has 0 atom stereocenters. The molecule has 0 aliphatic rings. The number of carbonyl (C=O) groups is 1. The Morgan fingerprint density at radius 3 is 2.79 bits per heavy atom. The van der Waals surface area contributed by atoms with Crippen LogP contribution in [0.5, 0.6) is 0 Å². The summed E-state index contributed by atoms with van der Waals surface area (Å²) >= 11 is 1.10. The van der Waals surface area contributed by atoms with Crippen LogP contribution in [0.25, 0.3) is 16.3 Å². The maximum absolute atomic E-state index is 12.8. The summed E-state index contributed by atoms with van der Waals surface area (Å²) in [7, 11) is 0. The minimum Gasteiger partial charge on any atom is -0.477 e. The number of aromatic carboxylic acids is 1. The first-order chi connectivity index (χ1) is 9.06. The third-order valence-corrected chi connectivity index (χ3v) is 3.89. The Hall–Kier alpha value is -2.28. The molecule has 19 heavy (non-hydrogen) atoms. The standard InChI is InChI=1S/C12H8FN3O2S/c1-6-10(11(17)18)19-12-15-9(5-16(6)12)8-3-2-7(13)4-14-8/h2-5H,1H3,(H,17,18). The van der Waals surface area contributed by atoms with E-state index in [1.54, 1.807) is 17.5 Å². The Morgan fingerprint density at radius 1 is 1.42 bits per heavy atom. The second-order valence-corrected chi connectivity index (χ2v) is 4.94. The van der Waals surface area contributed by atoms with E-state index in [-0.39, 0.29) is 4.88 Å². The van der Waals surface area contributed by atoms with Gasteiger partial charge < -0.3 is 5.11 Å². The molecule has 0 fully saturated rings. The summed E-state index contributed by atoms with van der Waals surface area (Å²) in [4.78, 5) is 20.1. The molecule has 3 rings (SSSR count). The van der Waals surface area contributed by atoms with Crippen molar-refractivity contribution >= 4 is 22.3 Å². The van der Waals surface area contributed by atoms with Gasteiger partial charge in [0.05, 0.1) is 11.9 Å². The quantitative estimate of drug-likeness (QED) is 0.781. The number of carboxylic acid groups (broad SMARTS) is 1. The predicted molar refractivity (Wildman–Crippen MR) is 68.0 cm³/mol. The number of hydrogen-bond donors (Lipinski definition) is 1. The van der Waals surface area contributed by atoms with Crippen molar-refractivity contribution in [2.75, 3.05) is 0 Å². The fraction of sp³-hybridized carbons (Fsp3) is 0.0833. The van der Waals surface area contributed by atoms with Gasteiger partial charge >= 0.3 is 5.97 Å². The highest BCUT2D eigenvalue weighted by atomic mass is 32.1. The predicted octanol–water partition coefficient (Wildman–Crippen LogP) is 2.60. The fourth-order valence-electron chi connectivity index (χ4n) is 1.80. The van der Waals surface area contributed by atoms with Crippen LogP contribution in [-0.2, 0) is 0 Å². The number of hydrogen-bond acceptors (Lipinski definition) is 4. The Kier molecular flexibility index (Phi) is 2.56. The van der Waals surface area contributed by atoms with Gasteiger partial charge in [0.2, 0.25) is 0 Å². The zero-order valence-electron chi connectivity index (χ0n) is 9.79. The molecule has 0 saturated carbocycles. The number of fused-ring (bicyclic) bond motifs is 1. The van der Waals surface area contributed by atoms with Crippen LogP contribution in [0.15, 0.2) is 24.5 Å². The minimum atomic E-state index is -0.963. The first-order valence-corrected chi connectivity index (χ1v) is 6.21. The smallest absolute Gasteiger partial charge is 0.347 e. The lowest BCUT2D eigenvalue weighted by Crippen LogP contribution is -1.96. The highest BCUT2D eigenvalue weighted by molar-refractivity contribution is 7.19. The van der Waals surface area contributed by atoms with Gasteiger partial charge in [-0.25, -0.2) is 14.2 Å². The highest BCUT2D eigenvalue weighted by Crippen LogP contribution is 2.26. The first kappa shape index (κ1) is 11.8. The van der Waals surface area contributed by atoms with Crippen molar-refractivity contribution in [2.24, 2.45) is 0 Å². The minimum absolute atomic E-state index is 0.265. The molecule has 0 radical (unpaired) electrons. The molecule has 0 bridgehead atoms. The number of nitrogens with zero attached hydrogens (tertiary/aromatic N) is 3. The van der Waals surface area contributed by atoms with Crippen molar-refractivity contribution in [3.63, 3.8) is 0 Å². The molecule has 0 aromatic carbocycles. The van der Waals surface area contributed by atoms with Gasteiger partial charge in [0.15, 0.2) is 4.96 Å². The normalized spacial score (nSPS) is 11.1. The number of halogens is 1. The number of rotatable bonds is 2. The van der Waals surface area contributed by atoms with Gasteiger partial charge in [-0.05, 0) is 19.1 Å². The largest absolute Gasteiger partial charge is 0.477 e. The molecule has 0 saturated heterocycles. The number of thiazole rings is 1. The van der Waals surface area contributed by atoms with Crippen LogP contribution >= 0.6 is 11.3 Å². The molecule has 3 aromatic rings. The van der Waals surface area contributed by atoms with Gasteiger partial charge in [0.1, 0.15) is 16.4 Å². The van der Waals surface area contributed by atoms with E-state index in [1.165, 1.54) is 12.1 Å². The second kappa shape index (κ2) is 4.13. The van der Waals surface area contributed by atoms with Crippen molar-refractivity contribution in [3.05, 3.63) is 40.9 Å². The molecule has 3 aromatic heterocycles. The molecule has 0 amide bonds. The van der Waals surface area contributed by atoms with Crippen molar-refractivity contribution in [1.29, 1.82) is 0 Å². The van der Waals surface area contributed by atoms with Crippen molar-refractivity contribution in [1.82, 2.24) is 14.4 Å². The maximum atomic E-state index is 12.8. The van der Waals surface area contributed by atoms with E-state index in [4.69, 9.17) is 5.11 Å². The summed E-state index contributed by atoms with van der Waals surface area (Å²) < 4.78 is 14.5. The van der Waals surface area contributed by atoms with Gasteiger partial charge in [0, 0.05) is 11.9 Å². The van der Waals surface area contributed by atoms with E-state index in [9.17, 15) is 9.18 Å². The number of imidazole rings is 1. The summed E-state index contributed by atoms with van der Waals surface area (Å²) in [5.74, 6) is -1.37. The maximum Gasteiger partial charge on any atom is 0.347 e. The average molecular weight is 277 g/mol. The summed E-state index contributed by atoms with van der Waals surface area (Å²) in [6, 6.07) is 2.85. The van der Waals surface area contributed by atoms with E-state index in [0.717, 1.165) is 17.5 Å². The number of pyridine rings is 1. The van der Waals surface area contributed by atoms with E-state index >= 15 is 0 Å². The van der Waals surface area contributed by atoms with Crippen LogP contribution in [0.1, 0.15) is 15.4 Å². The molecule has 96 valence electrons. The van der Waals surface area contributed by atoms with Gasteiger partial charge in [-0.3, -0.25) is 9.38 Å². The van der Waals surface area contributed by atoms with Crippen molar-refractivity contribution in [2.45, 2.75) is 6.92 Å². The van der Waals surface area contributed by atoms with Crippen LogP contribution in [0.4, 0.5) is 4.39 Å². The van der Waals surface area contributed by atoms with Crippen LogP contribution in [-0.4, -0.2) is 25.4 Å². The van der Waals surface area contributed by atoms with Crippen LogP contribution < -0.4 is 0 Å². The molecule has 3 heterocycles. The molecule has 0 aliphatic heterocycles. The molecule has 5 nitrogen and oxygen atoms in total. The zero-order chi connectivity index (χ0) is 13.6. The SMILES string of the molecule is Cc1c(C(=O)O)sc2nc(-c3ccc(F)cn3)cn12. The highest BCUT2D eigenvalue weighted by Gasteiger charge is 2.17. The number of carboxylic acids is 1. The first-order valence-electron chi connectivity index (χ1n) is 5.40. The van der Waals surface area contributed by atoms with Crippen LogP contribution in [0.2, 0.25) is 0 Å². The Balaban J connectivity index is 2.13. The molecular weight excluding hydrogens is 269 g/mol. The van der Waals surface area contributed by atoms with Crippen LogP contribution in [0.3, 0.4) is 0 Å².